The molecule has 0 aromatic heterocycles. The van der Waals surface area contributed by atoms with Crippen molar-refractivity contribution in [1.29, 1.82) is 0 Å². The number of para-hydroxylation sites is 2. The van der Waals surface area contributed by atoms with Crippen LogP contribution in [0, 0.1) is 0 Å². The Bertz CT molecular complexity index is 1730. The number of urea groups is 2. The van der Waals surface area contributed by atoms with Gasteiger partial charge in [0, 0.05) is 22.7 Å². The van der Waals surface area contributed by atoms with Crippen LogP contribution in [0.25, 0.3) is 12.2 Å². The molecule has 0 bridgehead atoms. The summed E-state index contributed by atoms with van der Waals surface area (Å²) in [6.45, 7) is 0. The van der Waals surface area contributed by atoms with Gasteiger partial charge in [0.2, 0.25) is 0 Å². The molecule has 0 radical (unpaired) electrons. The second-order valence-corrected chi connectivity index (χ2v) is 10.8. The number of anilines is 4. The monoisotopic (exact) mass is 592 g/mol. The highest BCUT2D eigenvalue weighted by molar-refractivity contribution is 7.86. The van der Waals surface area contributed by atoms with Crippen molar-refractivity contribution in [2.24, 2.45) is 0 Å². The Kier molecular flexibility index (Phi) is 9.26. The minimum atomic E-state index is -4.71. The zero-order valence-corrected chi connectivity index (χ0v) is 22.8. The first-order valence-corrected chi connectivity index (χ1v) is 14.4. The minimum absolute atomic E-state index is 0.0527. The van der Waals surface area contributed by atoms with Gasteiger partial charge < -0.3 is 25.8 Å². The molecular weight excluding hydrogens is 568 g/mol. The maximum Gasteiger partial charge on any atom is 0.323 e. The summed E-state index contributed by atoms with van der Waals surface area (Å²) < 4.78 is 55.9. The molecule has 1 unspecified atom stereocenters. The number of amides is 4. The van der Waals surface area contributed by atoms with Crippen molar-refractivity contribution in [1.82, 2.24) is 0 Å². The molecule has 4 amide bonds. The van der Waals surface area contributed by atoms with Crippen molar-refractivity contribution in [3.63, 3.8) is 0 Å². The predicted molar refractivity (Wildman–Crippen MR) is 159 cm³/mol. The lowest BCUT2D eigenvalue weighted by Crippen LogP contribution is -2.19. The summed E-state index contributed by atoms with van der Waals surface area (Å²) >= 11 is -2.46. The molecule has 4 aromatic carbocycles. The molecule has 13 heteroatoms. The topological polar surface area (TPSA) is 174 Å². The molecule has 4 aromatic rings. The molecule has 11 nitrogen and oxygen atoms in total. The number of hydrogen-bond acceptors (Lipinski definition) is 5. The lowest BCUT2D eigenvalue weighted by atomic mass is 10.1. The van der Waals surface area contributed by atoms with Gasteiger partial charge in [-0.15, -0.1) is 0 Å². The number of carbonyl (C=O) groups is 2. The summed E-state index contributed by atoms with van der Waals surface area (Å²) in [5.41, 5.74) is 1.74. The Morgan fingerprint density at radius 3 is 1.56 bits per heavy atom. The van der Waals surface area contributed by atoms with Gasteiger partial charge in [-0.3, -0.25) is 4.55 Å². The molecule has 0 spiro atoms. The smallest absolute Gasteiger partial charge is 0.308 e. The van der Waals surface area contributed by atoms with Crippen LogP contribution in [0.3, 0.4) is 0 Å². The molecule has 0 saturated carbocycles. The van der Waals surface area contributed by atoms with Crippen LogP contribution in [-0.2, 0) is 21.2 Å². The van der Waals surface area contributed by atoms with Gasteiger partial charge in [-0.05, 0) is 59.7 Å². The third-order valence-corrected chi connectivity index (χ3v) is 7.15. The van der Waals surface area contributed by atoms with Crippen molar-refractivity contribution in [3.05, 3.63) is 108 Å². The van der Waals surface area contributed by atoms with Crippen LogP contribution in [0.4, 0.5) is 32.3 Å². The maximum atomic E-state index is 12.3. The van der Waals surface area contributed by atoms with E-state index in [1.807, 2.05) is 0 Å². The van der Waals surface area contributed by atoms with E-state index in [9.17, 15) is 31.3 Å². The zero-order valence-electron chi connectivity index (χ0n) is 21.1. The molecule has 0 aliphatic heterocycles. The molecule has 4 rings (SSSR count). The van der Waals surface area contributed by atoms with E-state index >= 15 is 0 Å². The van der Waals surface area contributed by atoms with E-state index in [0.29, 0.717) is 11.4 Å². The fraction of sp³-hybridized carbons (Fsp3) is 0. The first kappa shape index (κ1) is 29.2. The molecule has 6 N–H and O–H groups in total. The SMILES string of the molecule is O=C(Nc1ccccc1)Nc1ccc(/C=C/c2ccc(NC(=O)Nc3ccccc3)cc2S(=O)(=O)O)c(S(=O)O)c1. The highest BCUT2D eigenvalue weighted by Gasteiger charge is 2.17. The van der Waals surface area contributed by atoms with Crippen LogP contribution in [0.5, 0.6) is 0 Å². The van der Waals surface area contributed by atoms with Gasteiger partial charge in [0.25, 0.3) is 10.1 Å². The number of carbonyl (C=O) groups excluding carboxylic acids is 2. The molecular formula is C28H24N4O7S2. The standard InChI is InChI=1S/C28H24N4O7S2/c33-27(29-21-7-3-1-4-8-21)31-23-15-13-19(25(17-23)40(35)36)11-12-20-14-16-24(18-26(20)41(37,38)39)32-28(34)30-22-9-5-2-6-10-22/h1-18H,(H,35,36)(H2,29,31,33)(H2,30,32,34)(H,37,38,39)/b12-11+. The number of nitrogens with one attached hydrogen (secondary N) is 4. The summed E-state index contributed by atoms with van der Waals surface area (Å²) in [7, 11) is -4.71. The van der Waals surface area contributed by atoms with Gasteiger partial charge in [-0.1, -0.05) is 60.7 Å². The summed E-state index contributed by atoms with van der Waals surface area (Å²) in [5, 5.41) is 10.3. The third kappa shape index (κ3) is 8.33. The van der Waals surface area contributed by atoms with E-state index in [4.69, 9.17) is 0 Å². The Hall–Kier alpha value is -4.82. The Morgan fingerprint density at radius 1 is 0.634 bits per heavy atom. The second kappa shape index (κ2) is 13.0. The fourth-order valence-corrected chi connectivity index (χ4v) is 4.96. The van der Waals surface area contributed by atoms with Gasteiger partial charge >= 0.3 is 12.1 Å². The second-order valence-electron chi connectivity index (χ2n) is 8.45. The highest BCUT2D eigenvalue weighted by atomic mass is 32.2. The van der Waals surface area contributed by atoms with E-state index in [1.54, 1.807) is 60.7 Å². The normalized spacial score (nSPS) is 12.0. The largest absolute Gasteiger partial charge is 0.323 e. The zero-order chi connectivity index (χ0) is 29.4. The molecule has 0 fully saturated rings. The van der Waals surface area contributed by atoms with E-state index in [-0.39, 0.29) is 27.4 Å². The molecule has 1 atom stereocenters. The number of hydrogen-bond donors (Lipinski definition) is 6. The van der Waals surface area contributed by atoms with Crippen molar-refractivity contribution in [2.75, 3.05) is 21.3 Å². The van der Waals surface area contributed by atoms with Gasteiger partial charge in [0.05, 0.1) is 4.90 Å². The summed E-state index contributed by atoms with van der Waals surface area (Å²) in [6.07, 6.45) is 2.72. The lowest BCUT2D eigenvalue weighted by molar-refractivity contribution is 0.261. The minimum Gasteiger partial charge on any atom is -0.308 e. The third-order valence-electron chi connectivity index (χ3n) is 5.51. The van der Waals surface area contributed by atoms with Crippen molar-refractivity contribution in [3.8, 4) is 0 Å². The molecule has 0 aliphatic rings. The van der Waals surface area contributed by atoms with Crippen molar-refractivity contribution >= 4 is 68.2 Å². The molecule has 0 heterocycles. The van der Waals surface area contributed by atoms with Crippen LogP contribution in [0.1, 0.15) is 11.1 Å². The van der Waals surface area contributed by atoms with E-state index in [1.165, 1.54) is 42.5 Å². The Labute approximate surface area is 238 Å². The predicted octanol–water partition coefficient (Wildman–Crippen LogP) is 5.97. The molecule has 41 heavy (non-hydrogen) atoms. The number of rotatable bonds is 8. The summed E-state index contributed by atoms with van der Waals surface area (Å²) in [6, 6.07) is 24.3. The van der Waals surface area contributed by atoms with E-state index in [0.717, 1.165) is 6.07 Å². The van der Waals surface area contributed by atoms with Gasteiger partial charge in [0.1, 0.15) is 4.90 Å². The Morgan fingerprint density at radius 2 is 1.07 bits per heavy atom. The average Bonchev–Trinajstić information content (AvgIpc) is 2.93. The van der Waals surface area contributed by atoms with Crippen molar-refractivity contribution < 1.29 is 31.3 Å². The molecule has 0 saturated heterocycles. The first-order valence-electron chi connectivity index (χ1n) is 11.9. The van der Waals surface area contributed by atoms with Gasteiger partial charge in [-0.25, -0.2) is 13.8 Å². The maximum absolute atomic E-state index is 12.3. The lowest BCUT2D eigenvalue weighted by Gasteiger charge is -2.11. The van der Waals surface area contributed by atoms with Crippen LogP contribution >= 0.6 is 0 Å². The van der Waals surface area contributed by atoms with Crippen LogP contribution in [-0.4, -0.2) is 33.8 Å². The fourth-order valence-electron chi connectivity index (χ4n) is 3.68. The number of benzene rings is 4. The molecule has 210 valence electrons. The van der Waals surface area contributed by atoms with Crippen molar-refractivity contribution in [2.45, 2.75) is 9.79 Å². The van der Waals surface area contributed by atoms with Crippen LogP contribution in [0.15, 0.2) is 107 Å². The average molecular weight is 593 g/mol. The van der Waals surface area contributed by atoms with Gasteiger partial charge in [-0.2, -0.15) is 8.42 Å². The highest BCUT2D eigenvalue weighted by Crippen LogP contribution is 2.26. The quantitative estimate of drug-likeness (QED) is 0.0830. The van der Waals surface area contributed by atoms with Crippen LogP contribution < -0.4 is 21.3 Å². The summed E-state index contributed by atoms with van der Waals surface area (Å²) in [4.78, 5) is 24.0. The molecule has 0 aliphatic carbocycles. The van der Waals surface area contributed by atoms with E-state index < -0.39 is 38.2 Å². The van der Waals surface area contributed by atoms with Crippen LogP contribution in [0.2, 0.25) is 0 Å². The van der Waals surface area contributed by atoms with E-state index in [2.05, 4.69) is 21.3 Å². The first-order chi connectivity index (χ1) is 19.6. The Balaban J connectivity index is 1.53. The summed E-state index contributed by atoms with van der Waals surface area (Å²) in [5.74, 6) is 0. The van der Waals surface area contributed by atoms with Gasteiger partial charge in [0.15, 0.2) is 11.1 Å².